The Balaban J connectivity index is 1.88. The molecule has 2 aromatic carbocycles. The molecule has 2 heterocycles. The molecule has 0 aliphatic carbocycles. The van der Waals surface area contributed by atoms with Gasteiger partial charge in [-0.1, -0.05) is 35.9 Å². The summed E-state index contributed by atoms with van der Waals surface area (Å²) in [6.45, 7) is 4.69. The summed E-state index contributed by atoms with van der Waals surface area (Å²) in [5.74, 6) is 0.941. The highest BCUT2D eigenvalue weighted by Crippen LogP contribution is 2.60. The Morgan fingerprint density at radius 2 is 1.76 bits per heavy atom. The molecule has 0 aromatic heterocycles. The van der Waals surface area contributed by atoms with Crippen LogP contribution in [0.5, 0.6) is 5.75 Å². The van der Waals surface area contributed by atoms with Gasteiger partial charge in [0.25, 0.3) is 0 Å². The van der Waals surface area contributed by atoms with Crippen molar-refractivity contribution in [3.63, 3.8) is 0 Å². The topological polar surface area (TPSA) is 12.5 Å². The Hall–Kier alpha value is -1.71. The fraction of sp³-hybridized carbons (Fsp3) is 0.364. The number of ether oxygens (including phenoxy) is 1. The molecule has 0 spiro atoms. The number of hydrogen-bond donors (Lipinski definition) is 0. The molecule has 130 valence electrons. The molecule has 4 rings (SSSR count). The summed E-state index contributed by atoms with van der Waals surface area (Å²) in [5.41, 5.74) is 5.95. The van der Waals surface area contributed by atoms with Crippen LogP contribution in [0.2, 0.25) is 0 Å². The van der Waals surface area contributed by atoms with Crippen molar-refractivity contribution in [1.29, 1.82) is 0 Å². The minimum atomic E-state index is -0.0266. The Kier molecular flexibility index (Phi) is 4.38. The molecule has 2 aromatic rings. The molecular formula is C22H25NOS. The number of piperidine rings is 1. The Labute approximate surface area is 154 Å². The molecule has 1 saturated heterocycles. The van der Waals surface area contributed by atoms with Gasteiger partial charge in [-0.2, -0.15) is 0 Å². The highest BCUT2D eigenvalue weighted by molar-refractivity contribution is 8.01. The summed E-state index contributed by atoms with van der Waals surface area (Å²) in [6, 6.07) is 17.5. The SMILES string of the molecule is COc1ccc2c(c1)SC(C)(c1ccccc1)C2=C1CCN(C)CC1. The predicted molar refractivity (Wildman–Crippen MR) is 106 cm³/mol. The van der Waals surface area contributed by atoms with Crippen LogP contribution in [0.3, 0.4) is 0 Å². The predicted octanol–water partition coefficient (Wildman–Crippen LogP) is 5.20. The van der Waals surface area contributed by atoms with Gasteiger partial charge in [0.2, 0.25) is 0 Å². The first-order valence-corrected chi connectivity index (χ1v) is 9.77. The van der Waals surface area contributed by atoms with Crippen LogP contribution in [-0.2, 0) is 4.75 Å². The lowest BCUT2D eigenvalue weighted by Gasteiger charge is -2.32. The van der Waals surface area contributed by atoms with E-state index in [-0.39, 0.29) is 4.75 Å². The number of hydrogen-bond acceptors (Lipinski definition) is 3. The summed E-state index contributed by atoms with van der Waals surface area (Å²) in [6.07, 6.45) is 2.33. The average molecular weight is 352 g/mol. The number of thioether (sulfide) groups is 1. The standard InChI is InChI=1S/C22H25NOS/c1-22(17-7-5-4-6-8-17)21(16-11-13-23(2)14-12-16)19-10-9-18(24-3)15-20(19)25-22/h4-10,15H,11-14H2,1-3H3. The van der Waals surface area contributed by atoms with Crippen molar-refractivity contribution < 1.29 is 4.74 Å². The molecule has 2 aliphatic heterocycles. The molecule has 0 saturated carbocycles. The van der Waals surface area contributed by atoms with E-state index in [0.717, 1.165) is 18.8 Å². The number of fused-ring (bicyclic) bond motifs is 1. The average Bonchev–Trinajstić information content (AvgIpc) is 2.95. The molecule has 25 heavy (non-hydrogen) atoms. The molecule has 3 heteroatoms. The highest BCUT2D eigenvalue weighted by Gasteiger charge is 2.42. The molecule has 0 bridgehead atoms. The van der Waals surface area contributed by atoms with Crippen LogP contribution in [0.4, 0.5) is 0 Å². The number of nitrogens with zero attached hydrogens (tertiary/aromatic N) is 1. The van der Waals surface area contributed by atoms with Gasteiger partial charge in [-0.15, -0.1) is 11.8 Å². The second kappa shape index (κ2) is 6.54. The molecule has 1 unspecified atom stereocenters. The zero-order valence-corrected chi connectivity index (χ0v) is 16.0. The highest BCUT2D eigenvalue weighted by atomic mass is 32.2. The van der Waals surface area contributed by atoms with E-state index >= 15 is 0 Å². The van der Waals surface area contributed by atoms with Crippen molar-refractivity contribution in [3.8, 4) is 5.75 Å². The third kappa shape index (κ3) is 2.90. The summed E-state index contributed by atoms with van der Waals surface area (Å²) < 4.78 is 5.45. The van der Waals surface area contributed by atoms with Crippen LogP contribution < -0.4 is 4.74 Å². The minimum Gasteiger partial charge on any atom is -0.497 e. The molecule has 0 radical (unpaired) electrons. The number of benzene rings is 2. The lowest BCUT2D eigenvalue weighted by Crippen LogP contribution is -2.28. The quantitative estimate of drug-likeness (QED) is 0.738. The lowest BCUT2D eigenvalue weighted by atomic mass is 9.82. The largest absolute Gasteiger partial charge is 0.497 e. The molecule has 1 atom stereocenters. The van der Waals surface area contributed by atoms with E-state index in [4.69, 9.17) is 4.74 Å². The first kappa shape index (κ1) is 16.7. The van der Waals surface area contributed by atoms with E-state index in [1.165, 1.54) is 34.4 Å². The van der Waals surface area contributed by atoms with Crippen molar-refractivity contribution in [2.45, 2.75) is 29.4 Å². The Morgan fingerprint density at radius 3 is 2.44 bits per heavy atom. The molecule has 2 aliphatic rings. The molecule has 2 nitrogen and oxygen atoms in total. The van der Waals surface area contributed by atoms with Gasteiger partial charge in [-0.25, -0.2) is 0 Å². The minimum absolute atomic E-state index is 0.0266. The maximum absolute atomic E-state index is 5.47. The fourth-order valence-corrected chi connectivity index (χ4v) is 5.58. The molecule has 0 amide bonds. The molecular weight excluding hydrogens is 326 g/mol. The van der Waals surface area contributed by atoms with Crippen LogP contribution in [-0.4, -0.2) is 32.1 Å². The van der Waals surface area contributed by atoms with Gasteiger partial charge in [0.1, 0.15) is 5.75 Å². The Morgan fingerprint density at radius 1 is 1.04 bits per heavy atom. The van der Waals surface area contributed by atoms with Gasteiger partial charge in [0, 0.05) is 18.0 Å². The zero-order chi connectivity index (χ0) is 17.4. The Bertz CT molecular complexity index is 804. The zero-order valence-electron chi connectivity index (χ0n) is 15.2. The number of methoxy groups -OCH3 is 1. The van der Waals surface area contributed by atoms with Crippen LogP contribution in [0.15, 0.2) is 59.0 Å². The third-order valence-corrected chi connectivity index (χ3v) is 6.92. The van der Waals surface area contributed by atoms with Crippen LogP contribution >= 0.6 is 11.8 Å². The van der Waals surface area contributed by atoms with Crippen LogP contribution in [0.25, 0.3) is 5.57 Å². The van der Waals surface area contributed by atoms with Gasteiger partial charge in [0.15, 0.2) is 0 Å². The normalized spacial score (nSPS) is 23.6. The van der Waals surface area contributed by atoms with Gasteiger partial charge in [-0.05, 0) is 61.7 Å². The third-order valence-electron chi connectivity index (χ3n) is 5.52. The summed E-state index contributed by atoms with van der Waals surface area (Å²) in [7, 11) is 3.97. The van der Waals surface area contributed by atoms with Crippen molar-refractivity contribution in [3.05, 3.63) is 65.2 Å². The van der Waals surface area contributed by atoms with E-state index in [2.05, 4.69) is 67.4 Å². The monoisotopic (exact) mass is 351 g/mol. The lowest BCUT2D eigenvalue weighted by molar-refractivity contribution is 0.312. The summed E-state index contributed by atoms with van der Waals surface area (Å²) >= 11 is 1.97. The van der Waals surface area contributed by atoms with E-state index in [1.54, 1.807) is 12.7 Å². The van der Waals surface area contributed by atoms with Crippen molar-refractivity contribution in [1.82, 2.24) is 4.90 Å². The van der Waals surface area contributed by atoms with Crippen LogP contribution in [0.1, 0.15) is 30.9 Å². The van der Waals surface area contributed by atoms with Crippen molar-refractivity contribution in [2.24, 2.45) is 0 Å². The van der Waals surface area contributed by atoms with Gasteiger partial charge in [-0.3, -0.25) is 0 Å². The maximum atomic E-state index is 5.47. The first-order chi connectivity index (χ1) is 12.1. The van der Waals surface area contributed by atoms with Crippen molar-refractivity contribution in [2.75, 3.05) is 27.2 Å². The summed E-state index contributed by atoms with van der Waals surface area (Å²) in [5, 5.41) is 0. The molecule has 1 fully saturated rings. The van der Waals surface area contributed by atoms with Crippen molar-refractivity contribution >= 4 is 17.3 Å². The number of rotatable bonds is 2. The second-order valence-electron chi connectivity index (χ2n) is 7.15. The van der Waals surface area contributed by atoms with Crippen LogP contribution in [0, 0.1) is 0 Å². The second-order valence-corrected chi connectivity index (χ2v) is 8.61. The van der Waals surface area contributed by atoms with Gasteiger partial charge < -0.3 is 9.64 Å². The summed E-state index contributed by atoms with van der Waals surface area (Å²) in [4.78, 5) is 3.77. The van der Waals surface area contributed by atoms with E-state index in [1.807, 2.05) is 11.8 Å². The van der Waals surface area contributed by atoms with Gasteiger partial charge in [0.05, 0.1) is 11.9 Å². The van der Waals surface area contributed by atoms with E-state index < -0.39 is 0 Å². The van der Waals surface area contributed by atoms with E-state index in [0.29, 0.717) is 0 Å². The number of likely N-dealkylation sites (tertiary alicyclic amines) is 1. The van der Waals surface area contributed by atoms with E-state index in [9.17, 15) is 0 Å². The van der Waals surface area contributed by atoms with Gasteiger partial charge >= 0.3 is 0 Å². The first-order valence-electron chi connectivity index (χ1n) is 8.96. The smallest absolute Gasteiger partial charge is 0.120 e. The maximum Gasteiger partial charge on any atom is 0.120 e. The fourth-order valence-electron chi connectivity index (χ4n) is 4.07. The molecule has 0 N–H and O–H groups in total.